The largest absolute Gasteiger partial charge is 0.489 e. The number of aliphatic hydroxyl groups is 1. The maximum absolute atomic E-state index is 9.03. The maximum atomic E-state index is 9.03. The highest BCUT2D eigenvalue weighted by Gasteiger charge is 2.03. The smallest absolute Gasteiger partial charge is 0.119 e. The van der Waals surface area contributed by atoms with E-state index in [1.165, 1.54) is 0 Å². The summed E-state index contributed by atoms with van der Waals surface area (Å²) in [5, 5.41) is 16.0. The highest BCUT2D eigenvalue weighted by Crippen LogP contribution is 2.21. The maximum Gasteiger partial charge on any atom is 0.119 e. The van der Waals surface area contributed by atoms with Gasteiger partial charge >= 0.3 is 0 Å². The summed E-state index contributed by atoms with van der Waals surface area (Å²) < 4.78 is 5.74. The predicted octanol–water partition coefficient (Wildman–Crippen LogP) is 3.15. The second-order valence-corrected chi connectivity index (χ2v) is 4.74. The molecule has 1 heterocycles. The van der Waals surface area contributed by atoms with Crippen LogP contribution in [0.2, 0.25) is 0 Å². The topological polar surface area (TPSA) is 58.1 Å². The van der Waals surface area contributed by atoms with Gasteiger partial charge in [-0.1, -0.05) is 30.3 Å². The van der Waals surface area contributed by atoms with E-state index in [9.17, 15) is 0 Å². The van der Waals surface area contributed by atoms with Crippen molar-refractivity contribution in [3.63, 3.8) is 0 Å². The average Bonchev–Trinajstić information content (AvgIpc) is 3.03. The molecule has 0 saturated carbocycles. The van der Waals surface area contributed by atoms with E-state index in [0.717, 1.165) is 22.6 Å². The lowest BCUT2D eigenvalue weighted by Gasteiger charge is -2.06. The minimum absolute atomic E-state index is 0.0364. The molecular formula is C17H16N2O2. The van der Waals surface area contributed by atoms with Crippen LogP contribution in [0.25, 0.3) is 11.3 Å². The Morgan fingerprint density at radius 1 is 1.00 bits per heavy atom. The molecule has 0 atom stereocenters. The molecule has 0 saturated heterocycles. The van der Waals surface area contributed by atoms with Gasteiger partial charge in [-0.25, -0.2) is 0 Å². The predicted molar refractivity (Wildman–Crippen MR) is 80.7 cm³/mol. The van der Waals surface area contributed by atoms with Gasteiger partial charge in [0, 0.05) is 5.56 Å². The number of nitrogens with one attached hydrogen (secondary N) is 1. The first-order chi connectivity index (χ1) is 10.3. The fraction of sp³-hybridized carbons (Fsp3) is 0.118. The third-order valence-corrected chi connectivity index (χ3v) is 3.20. The first kappa shape index (κ1) is 13.4. The zero-order valence-electron chi connectivity index (χ0n) is 11.5. The Balaban J connectivity index is 1.66. The van der Waals surface area contributed by atoms with Crippen molar-refractivity contribution in [3.8, 4) is 17.0 Å². The molecule has 0 amide bonds. The number of H-pyrrole nitrogens is 1. The summed E-state index contributed by atoms with van der Waals surface area (Å²) >= 11 is 0. The fourth-order valence-electron chi connectivity index (χ4n) is 2.05. The molecule has 1 aromatic heterocycles. The molecule has 106 valence electrons. The Bertz CT molecular complexity index is 690. The summed E-state index contributed by atoms with van der Waals surface area (Å²) in [6.45, 7) is 0.516. The summed E-state index contributed by atoms with van der Waals surface area (Å²) in [5.74, 6) is 0.820. The lowest BCUT2D eigenvalue weighted by atomic mass is 10.1. The normalized spacial score (nSPS) is 10.5. The Kier molecular flexibility index (Phi) is 3.98. The van der Waals surface area contributed by atoms with Gasteiger partial charge in [-0.3, -0.25) is 5.10 Å². The summed E-state index contributed by atoms with van der Waals surface area (Å²) in [5.41, 5.74) is 3.64. The highest BCUT2D eigenvalue weighted by atomic mass is 16.5. The molecule has 2 aromatic carbocycles. The van der Waals surface area contributed by atoms with E-state index >= 15 is 0 Å². The summed E-state index contributed by atoms with van der Waals surface area (Å²) in [6.07, 6.45) is 0. The summed E-state index contributed by atoms with van der Waals surface area (Å²) in [4.78, 5) is 0. The number of hydrogen-bond acceptors (Lipinski definition) is 3. The second kappa shape index (κ2) is 6.24. The minimum atomic E-state index is -0.0364. The van der Waals surface area contributed by atoms with Crippen LogP contribution in [0, 0.1) is 0 Å². The zero-order valence-corrected chi connectivity index (χ0v) is 11.5. The average molecular weight is 280 g/mol. The van der Waals surface area contributed by atoms with Gasteiger partial charge in [-0.05, 0) is 35.9 Å². The van der Waals surface area contributed by atoms with Gasteiger partial charge in [-0.15, -0.1) is 0 Å². The second-order valence-electron chi connectivity index (χ2n) is 4.74. The number of benzene rings is 2. The van der Waals surface area contributed by atoms with E-state index in [2.05, 4.69) is 10.2 Å². The molecule has 21 heavy (non-hydrogen) atoms. The lowest BCUT2D eigenvalue weighted by molar-refractivity contribution is 0.276. The monoisotopic (exact) mass is 280 g/mol. The third-order valence-electron chi connectivity index (χ3n) is 3.20. The van der Waals surface area contributed by atoms with E-state index < -0.39 is 0 Å². The third kappa shape index (κ3) is 3.30. The van der Waals surface area contributed by atoms with Crippen LogP contribution < -0.4 is 4.74 Å². The standard InChI is InChI=1S/C17H16N2O2/c20-11-15-10-17(19-18-15)14-6-8-16(9-7-14)21-12-13-4-2-1-3-5-13/h1-10,20H,11-12H2,(H,18,19). The molecule has 0 radical (unpaired) electrons. The number of rotatable bonds is 5. The van der Waals surface area contributed by atoms with Crippen molar-refractivity contribution in [1.29, 1.82) is 0 Å². The van der Waals surface area contributed by atoms with E-state index in [-0.39, 0.29) is 6.61 Å². The van der Waals surface area contributed by atoms with Crippen molar-refractivity contribution in [1.82, 2.24) is 10.2 Å². The number of nitrogens with zero attached hydrogens (tertiary/aromatic N) is 1. The van der Waals surface area contributed by atoms with E-state index in [1.54, 1.807) is 0 Å². The van der Waals surface area contributed by atoms with Crippen LogP contribution in [-0.4, -0.2) is 15.3 Å². The Hall–Kier alpha value is -2.59. The Morgan fingerprint density at radius 3 is 2.43 bits per heavy atom. The van der Waals surface area contributed by atoms with Gasteiger partial charge in [0.25, 0.3) is 0 Å². The van der Waals surface area contributed by atoms with Crippen LogP contribution >= 0.6 is 0 Å². The van der Waals surface area contributed by atoms with Gasteiger partial charge in [0.2, 0.25) is 0 Å². The van der Waals surface area contributed by atoms with E-state index in [1.807, 2.05) is 60.7 Å². The molecule has 4 nitrogen and oxygen atoms in total. The number of ether oxygens (including phenoxy) is 1. The van der Waals surface area contributed by atoms with E-state index in [4.69, 9.17) is 9.84 Å². The van der Waals surface area contributed by atoms with Crippen molar-refractivity contribution in [2.24, 2.45) is 0 Å². The quantitative estimate of drug-likeness (QED) is 0.755. The van der Waals surface area contributed by atoms with Gasteiger partial charge < -0.3 is 9.84 Å². The lowest BCUT2D eigenvalue weighted by Crippen LogP contribution is -1.94. The van der Waals surface area contributed by atoms with Crippen LogP contribution in [0.4, 0.5) is 0 Å². The molecule has 3 aromatic rings. The van der Waals surface area contributed by atoms with Gasteiger partial charge in [0.15, 0.2) is 0 Å². The Morgan fingerprint density at radius 2 is 1.76 bits per heavy atom. The molecular weight excluding hydrogens is 264 g/mol. The molecule has 0 aliphatic heterocycles. The highest BCUT2D eigenvalue weighted by molar-refractivity contribution is 5.60. The molecule has 0 fully saturated rings. The fourth-order valence-corrected chi connectivity index (χ4v) is 2.05. The van der Waals surface area contributed by atoms with Crippen LogP contribution in [0.5, 0.6) is 5.75 Å². The molecule has 0 spiro atoms. The van der Waals surface area contributed by atoms with Crippen molar-refractivity contribution in [2.75, 3.05) is 0 Å². The summed E-state index contributed by atoms with van der Waals surface area (Å²) in [7, 11) is 0. The number of aromatic amines is 1. The first-order valence-electron chi connectivity index (χ1n) is 6.77. The van der Waals surface area contributed by atoms with E-state index in [0.29, 0.717) is 12.3 Å². The van der Waals surface area contributed by atoms with Crippen molar-refractivity contribution >= 4 is 0 Å². The van der Waals surface area contributed by atoms with Crippen molar-refractivity contribution < 1.29 is 9.84 Å². The van der Waals surface area contributed by atoms with Crippen LogP contribution in [-0.2, 0) is 13.2 Å². The van der Waals surface area contributed by atoms with Crippen LogP contribution in [0.15, 0.2) is 60.7 Å². The molecule has 0 bridgehead atoms. The van der Waals surface area contributed by atoms with Crippen LogP contribution in [0.1, 0.15) is 11.3 Å². The van der Waals surface area contributed by atoms with Gasteiger partial charge in [0.05, 0.1) is 18.0 Å². The van der Waals surface area contributed by atoms with Gasteiger partial charge in [-0.2, -0.15) is 5.10 Å². The van der Waals surface area contributed by atoms with Crippen LogP contribution in [0.3, 0.4) is 0 Å². The Labute approximate surface area is 123 Å². The number of aromatic nitrogens is 2. The summed E-state index contributed by atoms with van der Waals surface area (Å²) in [6, 6.07) is 19.6. The molecule has 0 unspecified atom stereocenters. The minimum Gasteiger partial charge on any atom is -0.489 e. The van der Waals surface area contributed by atoms with Crippen molar-refractivity contribution in [2.45, 2.75) is 13.2 Å². The SMILES string of the molecule is OCc1cc(-c2ccc(OCc3ccccc3)cc2)n[nH]1. The van der Waals surface area contributed by atoms with Gasteiger partial charge in [0.1, 0.15) is 12.4 Å². The number of aliphatic hydroxyl groups excluding tert-OH is 1. The first-order valence-corrected chi connectivity index (χ1v) is 6.77. The molecule has 0 aliphatic carbocycles. The molecule has 3 rings (SSSR count). The zero-order chi connectivity index (χ0) is 14.5. The molecule has 4 heteroatoms. The molecule has 0 aliphatic rings. The van der Waals surface area contributed by atoms with Crippen molar-refractivity contribution in [3.05, 3.63) is 71.9 Å². The molecule has 2 N–H and O–H groups in total. The number of hydrogen-bond donors (Lipinski definition) is 2.